The molecule has 0 aliphatic carbocycles. The lowest BCUT2D eigenvalue weighted by molar-refractivity contribution is 0.171. The highest BCUT2D eigenvalue weighted by molar-refractivity contribution is 7.99. The quantitative estimate of drug-likeness (QED) is 0.874. The first kappa shape index (κ1) is 13.0. The predicted octanol–water partition coefficient (Wildman–Crippen LogP) is 2.10. The Hall–Kier alpha value is -0.450. The summed E-state index contributed by atoms with van der Waals surface area (Å²) in [4.78, 5) is 2.34. The van der Waals surface area contributed by atoms with Gasteiger partial charge in [0.05, 0.1) is 6.54 Å². The number of furan rings is 1. The van der Waals surface area contributed by atoms with Crippen molar-refractivity contribution in [2.45, 2.75) is 25.9 Å². The molecule has 1 fully saturated rings. The minimum Gasteiger partial charge on any atom is -0.465 e. The van der Waals surface area contributed by atoms with Gasteiger partial charge in [0.25, 0.3) is 0 Å². The van der Waals surface area contributed by atoms with Gasteiger partial charge in [-0.1, -0.05) is 0 Å². The fourth-order valence-corrected chi connectivity index (χ4v) is 3.85. The normalized spacial score (nSPS) is 22.2. The number of likely N-dealkylation sites (N-methyl/N-ethyl adjacent to an activating group) is 1. The van der Waals surface area contributed by atoms with Crippen molar-refractivity contribution in [1.29, 1.82) is 0 Å². The number of nitrogens with zero attached hydrogens (tertiary/aromatic N) is 1. The van der Waals surface area contributed by atoms with Crippen LogP contribution in [-0.4, -0.2) is 36.0 Å². The molecular weight excluding hydrogens is 232 g/mol. The van der Waals surface area contributed by atoms with Gasteiger partial charge in [-0.2, -0.15) is 11.8 Å². The molecule has 0 spiro atoms. The maximum absolute atomic E-state index is 5.93. The van der Waals surface area contributed by atoms with Gasteiger partial charge >= 0.3 is 0 Å². The summed E-state index contributed by atoms with van der Waals surface area (Å²) < 4.78 is 5.62. The van der Waals surface area contributed by atoms with Crippen LogP contribution in [0.4, 0.5) is 0 Å². The first-order valence-electron chi connectivity index (χ1n) is 6.24. The number of nitrogens with two attached hydrogens (primary N) is 1. The van der Waals surface area contributed by atoms with Crippen molar-refractivity contribution in [3.8, 4) is 0 Å². The van der Waals surface area contributed by atoms with E-state index in [1.54, 1.807) is 0 Å². The Kier molecular flexibility index (Phi) is 4.54. The number of aryl methyl sites for hydroxylation is 1. The second kappa shape index (κ2) is 5.94. The lowest BCUT2D eigenvalue weighted by atomic mass is 9.98. The molecule has 96 valence electrons. The maximum Gasteiger partial charge on any atom is 0.118 e. The first-order chi connectivity index (χ1) is 8.20. The summed E-state index contributed by atoms with van der Waals surface area (Å²) in [5.41, 5.74) is 5.93. The summed E-state index contributed by atoms with van der Waals surface area (Å²) in [5, 5.41) is 0. The van der Waals surface area contributed by atoms with Crippen molar-refractivity contribution in [2.75, 3.05) is 25.1 Å². The van der Waals surface area contributed by atoms with Gasteiger partial charge in [0.1, 0.15) is 11.5 Å². The topological polar surface area (TPSA) is 42.4 Å². The SMILES string of the molecule is Cc1ccc(CN(C)C(CN)C2CCSC2)o1. The number of rotatable bonds is 5. The number of hydrogen-bond acceptors (Lipinski definition) is 4. The molecule has 0 amide bonds. The Labute approximate surface area is 108 Å². The number of hydrogen-bond donors (Lipinski definition) is 1. The predicted molar refractivity (Wildman–Crippen MR) is 73.2 cm³/mol. The van der Waals surface area contributed by atoms with E-state index in [0.29, 0.717) is 6.04 Å². The summed E-state index contributed by atoms with van der Waals surface area (Å²) in [7, 11) is 2.15. The van der Waals surface area contributed by atoms with Gasteiger partial charge in [-0.15, -0.1) is 0 Å². The van der Waals surface area contributed by atoms with Crippen molar-refractivity contribution >= 4 is 11.8 Å². The van der Waals surface area contributed by atoms with E-state index in [0.717, 1.165) is 30.5 Å². The molecule has 1 aromatic heterocycles. The summed E-state index contributed by atoms with van der Waals surface area (Å²) in [5.74, 6) is 5.30. The zero-order valence-corrected chi connectivity index (χ0v) is 11.5. The Morgan fingerprint density at radius 3 is 2.94 bits per heavy atom. The Balaban J connectivity index is 1.94. The molecule has 2 heterocycles. The molecule has 1 aliphatic rings. The van der Waals surface area contributed by atoms with E-state index in [-0.39, 0.29) is 0 Å². The lowest BCUT2D eigenvalue weighted by Gasteiger charge is -2.30. The smallest absolute Gasteiger partial charge is 0.118 e. The van der Waals surface area contributed by atoms with Crippen molar-refractivity contribution < 1.29 is 4.42 Å². The van der Waals surface area contributed by atoms with Gasteiger partial charge in [-0.3, -0.25) is 4.90 Å². The average molecular weight is 254 g/mol. The molecular formula is C13H22N2OS. The van der Waals surface area contributed by atoms with Crippen LogP contribution < -0.4 is 5.73 Å². The van der Waals surface area contributed by atoms with Gasteiger partial charge in [-0.05, 0) is 49.9 Å². The van der Waals surface area contributed by atoms with Crippen LogP contribution in [0.25, 0.3) is 0 Å². The third kappa shape index (κ3) is 3.27. The van der Waals surface area contributed by atoms with E-state index in [2.05, 4.69) is 18.0 Å². The molecule has 4 heteroatoms. The number of thioether (sulfide) groups is 1. The molecule has 2 atom stereocenters. The minimum atomic E-state index is 0.482. The Bertz CT molecular complexity index is 347. The minimum absolute atomic E-state index is 0.482. The highest BCUT2D eigenvalue weighted by atomic mass is 32.2. The van der Waals surface area contributed by atoms with Gasteiger partial charge in [0.15, 0.2) is 0 Å². The van der Waals surface area contributed by atoms with E-state index >= 15 is 0 Å². The van der Waals surface area contributed by atoms with Crippen LogP contribution >= 0.6 is 11.8 Å². The van der Waals surface area contributed by atoms with Crippen molar-refractivity contribution in [2.24, 2.45) is 11.7 Å². The van der Waals surface area contributed by atoms with Crippen LogP contribution in [0.5, 0.6) is 0 Å². The maximum atomic E-state index is 5.93. The lowest BCUT2D eigenvalue weighted by Crippen LogP contribution is -2.43. The third-order valence-corrected chi connectivity index (χ3v) is 4.71. The average Bonchev–Trinajstić information content (AvgIpc) is 2.92. The van der Waals surface area contributed by atoms with E-state index in [1.807, 2.05) is 24.8 Å². The largest absolute Gasteiger partial charge is 0.465 e. The van der Waals surface area contributed by atoms with Gasteiger partial charge in [-0.25, -0.2) is 0 Å². The molecule has 17 heavy (non-hydrogen) atoms. The Morgan fingerprint density at radius 1 is 1.59 bits per heavy atom. The highest BCUT2D eigenvalue weighted by Gasteiger charge is 2.27. The molecule has 0 radical (unpaired) electrons. The zero-order chi connectivity index (χ0) is 12.3. The highest BCUT2D eigenvalue weighted by Crippen LogP contribution is 2.28. The van der Waals surface area contributed by atoms with Crippen LogP contribution in [0.15, 0.2) is 16.5 Å². The molecule has 0 aromatic carbocycles. The van der Waals surface area contributed by atoms with Gasteiger partial charge in [0.2, 0.25) is 0 Å². The second-order valence-corrected chi connectivity index (χ2v) is 6.00. The zero-order valence-electron chi connectivity index (χ0n) is 10.7. The van der Waals surface area contributed by atoms with Crippen molar-refractivity contribution in [3.05, 3.63) is 23.7 Å². The monoisotopic (exact) mass is 254 g/mol. The molecule has 3 nitrogen and oxygen atoms in total. The molecule has 1 saturated heterocycles. The standard InChI is InChI=1S/C13H22N2OS/c1-10-3-4-12(16-10)8-15(2)13(7-14)11-5-6-17-9-11/h3-4,11,13H,5-9,14H2,1-2H3. The van der Waals surface area contributed by atoms with Crippen LogP contribution in [-0.2, 0) is 6.54 Å². The third-order valence-electron chi connectivity index (χ3n) is 3.52. The second-order valence-electron chi connectivity index (χ2n) is 4.85. The molecule has 2 unspecified atom stereocenters. The fraction of sp³-hybridized carbons (Fsp3) is 0.692. The molecule has 1 aliphatic heterocycles. The van der Waals surface area contributed by atoms with E-state index < -0.39 is 0 Å². The summed E-state index contributed by atoms with van der Waals surface area (Å²) in [6.07, 6.45) is 1.30. The van der Waals surface area contributed by atoms with Crippen molar-refractivity contribution in [3.63, 3.8) is 0 Å². The summed E-state index contributed by atoms with van der Waals surface area (Å²) >= 11 is 2.05. The van der Waals surface area contributed by atoms with Gasteiger partial charge in [0, 0.05) is 12.6 Å². The van der Waals surface area contributed by atoms with E-state index in [1.165, 1.54) is 17.9 Å². The fourth-order valence-electron chi connectivity index (χ4n) is 2.52. The van der Waals surface area contributed by atoms with Crippen LogP contribution in [0.2, 0.25) is 0 Å². The van der Waals surface area contributed by atoms with Crippen molar-refractivity contribution in [1.82, 2.24) is 4.90 Å². The van der Waals surface area contributed by atoms with Crippen LogP contribution in [0.1, 0.15) is 17.9 Å². The van der Waals surface area contributed by atoms with E-state index in [9.17, 15) is 0 Å². The molecule has 0 saturated carbocycles. The molecule has 0 bridgehead atoms. The Morgan fingerprint density at radius 2 is 2.41 bits per heavy atom. The molecule has 2 N–H and O–H groups in total. The molecule has 1 aromatic rings. The summed E-state index contributed by atoms with van der Waals surface area (Å²) in [6, 6.07) is 4.56. The summed E-state index contributed by atoms with van der Waals surface area (Å²) in [6.45, 7) is 3.58. The van der Waals surface area contributed by atoms with Gasteiger partial charge < -0.3 is 10.2 Å². The van der Waals surface area contributed by atoms with Crippen LogP contribution in [0, 0.1) is 12.8 Å². The van der Waals surface area contributed by atoms with Crippen LogP contribution in [0.3, 0.4) is 0 Å². The van der Waals surface area contributed by atoms with E-state index in [4.69, 9.17) is 10.2 Å². The molecule has 2 rings (SSSR count). The first-order valence-corrected chi connectivity index (χ1v) is 7.39.